The summed E-state index contributed by atoms with van der Waals surface area (Å²) in [5.74, 6) is -5.41. The van der Waals surface area contributed by atoms with Crippen molar-refractivity contribution >= 4 is 28.4 Å². The van der Waals surface area contributed by atoms with Crippen LogP contribution in [0.5, 0.6) is 0 Å². The van der Waals surface area contributed by atoms with E-state index in [-0.39, 0.29) is 6.07 Å². The van der Waals surface area contributed by atoms with Crippen LogP contribution in [-0.2, 0) is 10.8 Å². The van der Waals surface area contributed by atoms with E-state index in [1.165, 1.54) is 0 Å². The highest BCUT2D eigenvalue weighted by Gasteiger charge is 2.48. The SMILES string of the molecule is CN(C(=O)NC(=O)c1c(F)cccc1F)c1ccc(S(=O)C(F)(F)C(F)F)cc1F. The van der Waals surface area contributed by atoms with E-state index in [0.29, 0.717) is 17.0 Å². The Hall–Kier alpha value is -2.96. The zero-order valence-corrected chi connectivity index (χ0v) is 15.6. The molecule has 0 bridgehead atoms. The first-order valence-electron chi connectivity index (χ1n) is 7.78. The maximum atomic E-state index is 14.2. The Balaban J connectivity index is 2.22. The van der Waals surface area contributed by atoms with Crippen LogP contribution in [0.3, 0.4) is 0 Å². The number of carbonyl (C=O) groups excluding carboxylic acids is 2. The number of amides is 3. The largest absolute Gasteiger partial charge is 0.384 e. The third-order valence-corrected chi connectivity index (χ3v) is 5.07. The summed E-state index contributed by atoms with van der Waals surface area (Å²) >= 11 is 0. The van der Waals surface area contributed by atoms with Crippen molar-refractivity contribution in [2.45, 2.75) is 16.6 Å². The zero-order chi connectivity index (χ0) is 22.8. The third kappa shape index (κ3) is 4.61. The molecule has 13 heteroatoms. The van der Waals surface area contributed by atoms with E-state index in [4.69, 9.17) is 0 Å². The molecule has 30 heavy (non-hydrogen) atoms. The van der Waals surface area contributed by atoms with Crippen molar-refractivity contribution < 1.29 is 44.5 Å². The molecule has 0 aromatic heterocycles. The smallest absolute Gasteiger partial charge is 0.294 e. The molecule has 3 amide bonds. The molecule has 2 aromatic carbocycles. The predicted molar refractivity (Wildman–Crippen MR) is 91.4 cm³/mol. The van der Waals surface area contributed by atoms with Gasteiger partial charge in [-0.3, -0.25) is 15.0 Å². The highest BCUT2D eigenvalue weighted by atomic mass is 32.2. The highest BCUT2D eigenvalue weighted by molar-refractivity contribution is 7.86. The van der Waals surface area contributed by atoms with E-state index in [1.807, 2.05) is 0 Å². The van der Waals surface area contributed by atoms with Crippen molar-refractivity contribution in [1.82, 2.24) is 5.32 Å². The lowest BCUT2D eigenvalue weighted by Gasteiger charge is -2.19. The summed E-state index contributed by atoms with van der Waals surface area (Å²) in [4.78, 5) is 23.5. The van der Waals surface area contributed by atoms with E-state index in [9.17, 15) is 44.5 Å². The Labute approximate surface area is 166 Å². The summed E-state index contributed by atoms with van der Waals surface area (Å²) in [7, 11) is -2.67. The number of carbonyl (C=O) groups is 2. The van der Waals surface area contributed by atoms with Gasteiger partial charge in [-0.05, 0) is 30.3 Å². The van der Waals surface area contributed by atoms with Crippen LogP contribution in [0.4, 0.5) is 41.2 Å². The minimum Gasteiger partial charge on any atom is -0.294 e. The van der Waals surface area contributed by atoms with Crippen LogP contribution < -0.4 is 10.2 Å². The minimum absolute atomic E-state index is 0.254. The Morgan fingerprint density at radius 2 is 1.60 bits per heavy atom. The van der Waals surface area contributed by atoms with Gasteiger partial charge in [0.05, 0.1) is 5.69 Å². The van der Waals surface area contributed by atoms with Gasteiger partial charge < -0.3 is 0 Å². The lowest BCUT2D eigenvalue weighted by atomic mass is 10.2. The van der Waals surface area contributed by atoms with Gasteiger partial charge in [0.2, 0.25) is 0 Å². The van der Waals surface area contributed by atoms with Crippen LogP contribution in [0.25, 0.3) is 0 Å². The number of anilines is 1. The van der Waals surface area contributed by atoms with Gasteiger partial charge in [0.25, 0.3) is 5.91 Å². The lowest BCUT2D eigenvalue weighted by molar-refractivity contribution is -0.0602. The van der Waals surface area contributed by atoms with Gasteiger partial charge in [0, 0.05) is 11.9 Å². The standard InChI is InChI=1S/C17H11F7N2O3S/c1-26(16(28)25-14(27)13-9(18)3-2-4-10(13)19)12-6-5-8(7-11(12)20)30(29)17(23,24)15(21)22/h2-7,15H,1H3,(H,25,27,28). The van der Waals surface area contributed by atoms with Crippen molar-refractivity contribution in [1.29, 1.82) is 0 Å². The van der Waals surface area contributed by atoms with Gasteiger partial charge in [0.15, 0.2) is 0 Å². The molecule has 2 rings (SSSR count). The summed E-state index contributed by atoms with van der Waals surface area (Å²) in [6.45, 7) is 0. The maximum absolute atomic E-state index is 14.2. The van der Waals surface area contributed by atoms with Gasteiger partial charge in [-0.15, -0.1) is 0 Å². The lowest BCUT2D eigenvalue weighted by Crippen LogP contribution is -2.41. The van der Waals surface area contributed by atoms with Crippen molar-refractivity contribution in [2.75, 3.05) is 11.9 Å². The second-order valence-corrected chi connectivity index (χ2v) is 7.21. The quantitative estimate of drug-likeness (QED) is 0.691. The summed E-state index contributed by atoms with van der Waals surface area (Å²) in [6.07, 6.45) is -4.26. The molecular formula is C17H11F7N2O3S. The first-order chi connectivity index (χ1) is 13.9. The van der Waals surface area contributed by atoms with Crippen LogP contribution in [0, 0.1) is 17.5 Å². The molecule has 1 unspecified atom stereocenters. The third-order valence-electron chi connectivity index (χ3n) is 3.71. The van der Waals surface area contributed by atoms with Gasteiger partial charge >= 0.3 is 17.7 Å². The highest BCUT2D eigenvalue weighted by Crippen LogP contribution is 2.32. The Kier molecular flexibility index (Phi) is 6.85. The fourth-order valence-corrected chi connectivity index (χ4v) is 3.06. The summed E-state index contributed by atoms with van der Waals surface area (Å²) in [5.41, 5.74) is -1.70. The topological polar surface area (TPSA) is 66.5 Å². The van der Waals surface area contributed by atoms with Gasteiger partial charge in [-0.25, -0.2) is 31.0 Å². The molecule has 0 spiro atoms. The fraction of sp³-hybridized carbons (Fsp3) is 0.176. The van der Waals surface area contributed by atoms with E-state index in [2.05, 4.69) is 0 Å². The Morgan fingerprint density at radius 1 is 1.03 bits per heavy atom. The van der Waals surface area contributed by atoms with E-state index >= 15 is 0 Å². The average molecular weight is 456 g/mol. The molecule has 0 saturated carbocycles. The molecule has 0 fully saturated rings. The molecule has 0 heterocycles. The molecule has 0 aliphatic heterocycles. The Morgan fingerprint density at radius 3 is 2.10 bits per heavy atom. The number of hydrogen-bond donors (Lipinski definition) is 1. The van der Waals surface area contributed by atoms with E-state index in [1.54, 1.807) is 5.32 Å². The van der Waals surface area contributed by atoms with Crippen LogP contribution in [0.15, 0.2) is 41.3 Å². The molecule has 1 N–H and O–H groups in total. The van der Waals surface area contributed by atoms with E-state index < -0.39 is 68.0 Å². The number of halogens is 7. The second kappa shape index (κ2) is 8.81. The number of urea groups is 1. The van der Waals surface area contributed by atoms with Crippen LogP contribution in [0.1, 0.15) is 10.4 Å². The zero-order valence-electron chi connectivity index (χ0n) is 14.8. The summed E-state index contributed by atoms with van der Waals surface area (Å²) in [5, 5.41) is -3.33. The molecule has 5 nitrogen and oxygen atoms in total. The number of rotatable bonds is 5. The normalized spacial score (nSPS) is 12.6. The molecule has 162 valence electrons. The minimum atomic E-state index is -4.94. The summed E-state index contributed by atoms with van der Waals surface area (Å²) in [6, 6.07) is 2.70. The van der Waals surface area contributed by atoms with Gasteiger partial charge in [-0.1, -0.05) is 6.07 Å². The number of hydrogen-bond acceptors (Lipinski definition) is 3. The molecule has 0 aliphatic rings. The number of nitrogens with one attached hydrogen (secondary N) is 1. The Bertz CT molecular complexity index is 997. The molecule has 0 radical (unpaired) electrons. The summed E-state index contributed by atoms with van der Waals surface area (Å²) < 4.78 is 104. The fourth-order valence-electron chi connectivity index (χ4n) is 2.18. The monoisotopic (exact) mass is 456 g/mol. The number of nitrogens with zero attached hydrogens (tertiary/aromatic N) is 1. The first kappa shape index (κ1) is 23.3. The molecule has 0 aliphatic carbocycles. The first-order valence-corrected chi connectivity index (χ1v) is 8.93. The molecule has 0 saturated heterocycles. The van der Waals surface area contributed by atoms with Gasteiger partial charge in [-0.2, -0.15) is 8.78 Å². The van der Waals surface area contributed by atoms with Gasteiger partial charge in [0.1, 0.15) is 33.8 Å². The maximum Gasteiger partial charge on any atom is 0.384 e. The number of imide groups is 1. The van der Waals surface area contributed by atoms with Crippen LogP contribution >= 0.6 is 0 Å². The predicted octanol–water partition coefficient (Wildman–Crippen LogP) is 4.06. The molecular weight excluding hydrogens is 445 g/mol. The van der Waals surface area contributed by atoms with Crippen molar-refractivity contribution in [2.24, 2.45) is 0 Å². The van der Waals surface area contributed by atoms with Crippen LogP contribution in [-0.4, -0.2) is 34.9 Å². The number of benzene rings is 2. The second-order valence-electron chi connectivity index (χ2n) is 5.66. The molecule has 1 atom stereocenters. The average Bonchev–Trinajstić information content (AvgIpc) is 2.66. The number of alkyl halides is 4. The van der Waals surface area contributed by atoms with Crippen molar-refractivity contribution in [3.05, 3.63) is 59.4 Å². The molecule has 2 aromatic rings. The van der Waals surface area contributed by atoms with E-state index in [0.717, 1.165) is 25.2 Å². The van der Waals surface area contributed by atoms with Crippen LogP contribution in [0.2, 0.25) is 0 Å². The van der Waals surface area contributed by atoms with Crippen molar-refractivity contribution in [3.8, 4) is 0 Å². The van der Waals surface area contributed by atoms with Crippen molar-refractivity contribution in [3.63, 3.8) is 0 Å².